The van der Waals surface area contributed by atoms with E-state index in [1.165, 1.54) is 0 Å². The van der Waals surface area contributed by atoms with E-state index in [9.17, 15) is 13.6 Å². The van der Waals surface area contributed by atoms with Crippen LogP contribution in [0.4, 0.5) is 14.7 Å². The molecule has 1 aromatic heterocycles. The largest absolute Gasteiger partial charge is 0.315 e. The maximum atomic E-state index is 11.5. The third kappa shape index (κ3) is 1.95. The lowest BCUT2D eigenvalue weighted by Gasteiger charge is -1.97. The van der Waals surface area contributed by atoms with E-state index in [2.05, 4.69) is 15.2 Å². The Labute approximate surface area is 59.8 Å². The summed E-state index contributed by atoms with van der Waals surface area (Å²) in [6.45, 7) is 0. The van der Waals surface area contributed by atoms with E-state index in [-0.39, 0.29) is 5.95 Å². The van der Waals surface area contributed by atoms with Gasteiger partial charge in [0.2, 0.25) is 5.95 Å². The van der Waals surface area contributed by atoms with Crippen molar-refractivity contribution in [3.63, 3.8) is 0 Å². The van der Waals surface area contributed by atoms with Gasteiger partial charge < -0.3 is 0 Å². The van der Waals surface area contributed by atoms with E-state index >= 15 is 0 Å². The molecule has 1 rings (SSSR count). The summed E-state index contributed by atoms with van der Waals surface area (Å²) in [6, 6.07) is 0. The monoisotopic (exact) mass is 162 g/mol. The Morgan fingerprint density at radius 1 is 1.73 bits per heavy atom. The van der Waals surface area contributed by atoms with Gasteiger partial charge in [0, 0.05) is 0 Å². The van der Waals surface area contributed by atoms with Crippen LogP contribution in [0.5, 0.6) is 0 Å². The zero-order valence-corrected chi connectivity index (χ0v) is 5.21. The van der Waals surface area contributed by atoms with Crippen LogP contribution >= 0.6 is 0 Å². The minimum atomic E-state index is -3.04. The summed E-state index contributed by atoms with van der Waals surface area (Å²) < 4.78 is 23.1. The molecule has 11 heavy (non-hydrogen) atoms. The minimum absolute atomic E-state index is 0.0877. The molecule has 60 valence electrons. The number of aromatic amines is 1. The molecule has 2 N–H and O–H groups in total. The summed E-state index contributed by atoms with van der Waals surface area (Å²) in [5.74, 6) is -1.49. The molecule has 0 spiro atoms. The number of anilines is 1. The fraction of sp³-hybridized carbons (Fsp3) is 0.250. The van der Waals surface area contributed by atoms with Gasteiger partial charge in [-0.1, -0.05) is 0 Å². The van der Waals surface area contributed by atoms with E-state index in [0.29, 0.717) is 0 Å². The minimum Gasteiger partial charge on any atom is -0.290 e. The molecule has 7 heteroatoms. The first kappa shape index (κ1) is 7.58. The van der Waals surface area contributed by atoms with Crippen LogP contribution in [-0.2, 0) is 4.79 Å². The zero-order valence-electron chi connectivity index (χ0n) is 5.21. The number of carbonyl (C=O) groups excluding carboxylic acids is 1. The van der Waals surface area contributed by atoms with Crippen LogP contribution < -0.4 is 5.32 Å². The second-order valence-corrected chi connectivity index (χ2v) is 1.62. The first-order valence-electron chi connectivity index (χ1n) is 2.64. The molecule has 1 amide bonds. The number of carbonyl (C=O) groups is 1. The van der Waals surface area contributed by atoms with Crippen LogP contribution in [0.1, 0.15) is 0 Å². The quantitative estimate of drug-likeness (QED) is 0.643. The maximum absolute atomic E-state index is 11.5. The lowest BCUT2D eigenvalue weighted by Crippen LogP contribution is -2.20. The highest BCUT2D eigenvalue weighted by molar-refractivity contribution is 5.91. The van der Waals surface area contributed by atoms with Crippen LogP contribution in [0.2, 0.25) is 0 Å². The fourth-order valence-electron chi connectivity index (χ4n) is 0.437. The molecule has 0 saturated heterocycles. The Morgan fingerprint density at radius 2 is 2.45 bits per heavy atom. The van der Waals surface area contributed by atoms with Gasteiger partial charge in [-0.15, -0.1) is 0 Å². The van der Waals surface area contributed by atoms with Crippen molar-refractivity contribution in [2.75, 3.05) is 5.32 Å². The van der Waals surface area contributed by atoms with Crippen molar-refractivity contribution >= 4 is 11.9 Å². The molecular weight excluding hydrogens is 158 g/mol. The number of alkyl halides is 2. The van der Waals surface area contributed by atoms with Crippen LogP contribution in [0.25, 0.3) is 0 Å². The van der Waals surface area contributed by atoms with Gasteiger partial charge in [-0.3, -0.25) is 10.1 Å². The lowest BCUT2D eigenvalue weighted by molar-refractivity contribution is -0.126. The van der Waals surface area contributed by atoms with Gasteiger partial charge in [0.15, 0.2) is 0 Å². The number of H-pyrrole nitrogens is 1. The van der Waals surface area contributed by atoms with Crippen LogP contribution in [0.15, 0.2) is 6.33 Å². The van der Waals surface area contributed by atoms with E-state index in [4.69, 9.17) is 0 Å². The Morgan fingerprint density at radius 3 is 2.91 bits per heavy atom. The molecule has 0 radical (unpaired) electrons. The fourth-order valence-corrected chi connectivity index (χ4v) is 0.437. The Balaban J connectivity index is 2.50. The summed E-state index contributed by atoms with van der Waals surface area (Å²) in [5, 5.41) is 7.34. The Kier molecular flexibility index (Phi) is 2.09. The van der Waals surface area contributed by atoms with Crippen molar-refractivity contribution in [3.05, 3.63) is 6.33 Å². The number of hydrogen-bond donors (Lipinski definition) is 2. The van der Waals surface area contributed by atoms with E-state index in [1.807, 2.05) is 0 Å². The molecule has 0 bridgehead atoms. The molecule has 1 heterocycles. The Hall–Kier alpha value is -1.53. The topological polar surface area (TPSA) is 70.7 Å². The molecule has 5 nitrogen and oxygen atoms in total. The molecule has 0 aromatic carbocycles. The first-order chi connectivity index (χ1) is 5.20. The van der Waals surface area contributed by atoms with Gasteiger partial charge >= 0.3 is 6.43 Å². The van der Waals surface area contributed by atoms with E-state index in [1.54, 1.807) is 5.32 Å². The highest BCUT2D eigenvalue weighted by Crippen LogP contribution is 1.98. The number of nitrogens with zero attached hydrogens (tertiary/aromatic N) is 2. The lowest BCUT2D eigenvalue weighted by atomic mass is 10.6. The summed E-state index contributed by atoms with van der Waals surface area (Å²) in [4.78, 5) is 13.7. The summed E-state index contributed by atoms with van der Waals surface area (Å²) in [7, 11) is 0. The molecule has 0 fully saturated rings. The summed E-state index contributed by atoms with van der Waals surface area (Å²) in [6.07, 6.45) is -1.94. The SMILES string of the molecule is O=C(Nc1ncn[nH]1)C(F)F. The van der Waals surface area contributed by atoms with Crippen molar-refractivity contribution in [3.8, 4) is 0 Å². The van der Waals surface area contributed by atoms with Gasteiger partial charge in [-0.2, -0.15) is 18.9 Å². The predicted molar refractivity (Wildman–Crippen MR) is 31.0 cm³/mol. The van der Waals surface area contributed by atoms with Crippen LogP contribution in [-0.4, -0.2) is 27.5 Å². The number of rotatable bonds is 2. The number of nitrogens with one attached hydrogen (secondary N) is 2. The van der Waals surface area contributed by atoms with Gasteiger partial charge in [-0.05, 0) is 0 Å². The molecule has 0 saturated carbocycles. The van der Waals surface area contributed by atoms with E-state index < -0.39 is 12.3 Å². The zero-order chi connectivity index (χ0) is 8.27. The third-order valence-corrected chi connectivity index (χ3v) is 0.855. The number of amides is 1. The smallest absolute Gasteiger partial charge is 0.290 e. The molecule has 0 aliphatic carbocycles. The Bertz CT molecular complexity index is 234. The second kappa shape index (κ2) is 3.04. The van der Waals surface area contributed by atoms with Crippen molar-refractivity contribution < 1.29 is 13.6 Å². The van der Waals surface area contributed by atoms with Crippen molar-refractivity contribution in [2.24, 2.45) is 0 Å². The number of hydrogen-bond acceptors (Lipinski definition) is 3. The highest BCUT2D eigenvalue weighted by atomic mass is 19.3. The van der Waals surface area contributed by atoms with Crippen molar-refractivity contribution in [2.45, 2.75) is 6.43 Å². The molecule has 0 aliphatic heterocycles. The van der Waals surface area contributed by atoms with Crippen molar-refractivity contribution in [1.82, 2.24) is 15.2 Å². The third-order valence-electron chi connectivity index (χ3n) is 0.855. The van der Waals surface area contributed by atoms with Crippen LogP contribution in [0.3, 0.4) is 0 Å². The molecule has 1 aromatic rings. The van der Waals surface area contributed by atoms with E-state index in [0.717, 1.165) is 6.33 Å². The molecule has 0 atom stereocenters. The van der Waals surface area contributed by atoms with Gasteiger partial charge in [0.1, 0.15) is 6.33 Å². The molecular formula is C4H4F2N4O. The predicted octanol–water partition coefficient (Wildman–Crippen LogP) is 0.00830. The number of halogens is 2. The van der Waals surface area contributed by atoms with Crippen LogP contribution in [0, 0.1) is 0 Å². The average molecular weight is 162 g/mol. The molecule has 0 aliphatic rings. The standard InChI is InChI=1S/C4H4F2N4O/c5-2(6)3(11)9-4-7-1-8-10-4/h1-2H,(H2,7,8,9,10,11). The second-order valence-electron chi connectivity index (χ2n) is 1.62. The maximum Gasteiger partial charge on any atom is 0.315 e. The average Bonchev–Trinajstić information content (AvgIpc) is 2.39. The van der Waals surface area contributed by atoms with Gasteiger partial charge in [0.25, 0.3) is 5.91 Å². The normalized spacial score (nSPS) is 10.1. The summed E-state index contributed by atoms with van der Waals surface area (Å²) >= 11 is 0. The number of aromatic nitrogens is 3. The first-order valence-corrected chi connectivity index (χ1v) is 2.64. The van der Waals surface area contributed by atoms with Gasteiger partial charge in [0.05, 0.1) is 0 Å². The summed E-state index contributed by atoms with van der Waals surface area (Å²) in [5.41, 5.74) is 0. The van der Waals surface area contributed by atoms with Gasteiger partial charge in [-0.25, -0.2) is 5.10 Å². The molecule has 0 unspecified atom stereocenters. The van der Waals surface area contributed by atoms with Crippen molar-refractivity contribution in [1.29, 1.82) is 0 Å². The highest BCUT2D eigenvalue weighted by Gasteiger charge is 2.15.